The molecular formula is C17H18BrClFNO. The highest BCUT2D eigenvalue weighted by Crippen LogP contribution is 2.26. The van der Waals surface area contributed by atoms with Crippen molar-refractivity contribution in [2.45, 2.75) is 32.0 Å². The largest absolute Gasteiger partial charge is 0.489 e. The summed E-state index contributed by atoms with van der Waals surface area (Å²) in [7, 11) is 0. The summed E-state index contributed by atoms with van der Waals surface area (Å²) in [6, 6.07) is 13.1. The van der Waals surface area contributed by atoms with E-state index in [-0.39, 0.29) is 18.2 Å². The Bertz CT molecular complexity index is 617. The van der Waals surface area contributed by atoms with E-state index in [4.69, 9.17) is 4.74 Å². The van der Waals surface area contributed by atoms with Gasteiger partial charge in [0.15, 0.2) is 0 Å². The molecule has 5 heteroatoms. The topological polar surface area (TPSA) is 21.3 Å². The first kappa shape index (κ1) is 17.3. The van der Waals surface area contributed by atoms with E-state index in [1.54, 1.807) is 12.1 Å². The first-order valence-corrected chi connectivity index (χ1v) is 7.89. The summed E-state index contributed by atoms with van der Waals surface area (Å²) in [5.74, 6) is 0.646. The van der Waals surface area contributed by atoms with E-state index < -0.39 is 0 Å². The maximum atomic E-state index is 12.9. The molecule has 2 aromatic rings. The Morgan fingerprint density at radius 1 is 1.14 bits per heavy atom. The molecule has 1 aliphatic rings. The van der Waals surface area contributed by atoms with E-state index in [0.717, 1.165) is 27.9 Å². The van der Waals surface area contributed by atoms with Crippen LogP contribution in [0.2, 0.25) is 0 Å². The van der Waals surface area contributed by atoms with Gasteiger partial charge in [0.1, 0.15) is 18.2 Å². The van der Waals surface area contributed by atoms with Crippen molar-refractivity contribution in [3.8, 4) is 5.75 Å². The van der Waals surface area contributed by atoms with Gasteiger partial charge in [-0.2, -0.15) is 0 Å². The molecule has 2 aromatic carbocycles. The monoisotopic (exact) mass is 385 g/mol. The van der Waals surface area contributed by atoms with Crippen LogP contribution >= 0.6 is 28.3 Å². The third-order valence-electron chi connectivity index (χ3n) is 3.49. The highest BCUT2D eigenvalue weighted by molar-refractivity contribution is 9.10. The second-order valence-electron chi connectivity index (χ2n) is 5.32. The van der Waals surface area contributed by atoms with Gasteiger partial charge in [-0.1, -0.05) is 28.1 Å². The van der Waals surface area contributed by atoms with Crippen molar-refractivity contribution in [2.24, 2.45) is 0 Å². The maximum Gasteiger partial charge on any atom is 0.124 e. The molecule has 0 unspecified atom stereocenters. The fraction of sp³-hybridized carbons (Fsp3) is 0.294. The summed E-state index contributed by atoms with van der Waals surface area (Å²) in [6.07, 6.45) is 2.53. The number of rotatable bonds is 6. The van der Waals surface area contributed by atoms with Crippen LogP contribution in [0.25, 0.3) is 0 Å². The molecule has 3 rings (SSSR count). The molecule has 1 saturated carbocycles. The number of nitrogens with one attached hydrogen (secondary N) is 1. The lowest BCUT2D eigenvalue weighted by molar-refractivity contribution is 0.302. The van der Waals surface area contributed by atoms with E-state index in [1.807, 2.05) is 12.1 Å². The molecule has 0 heterocycles. The van der Waals surface area contributed by atoms with Gasteiger partial charge >= 0.3 is 0 Å². The molecule has 0 atom stereocenters. The predicted molar refractivity (Wildman–Crippen MR) is 92.0 cm³/mol. The molecule has 0 bridgehead atoms. The van der Waals surface area contributed by atoms with Gasteiger partial charge in [-0.25, -0.2) is 4.39 Å². The van der Waals surface area contributed by atoms with Crippen LogP contribution in [0, 0.1) is 5.82 Å². The summed E-state index contributed by atoms with van der Waals surface area (Å²) in [4.78, 5) is 0. The van der Waals surface area contributed by atoms with Crippen molar-refractivity contribution in [2.75, 3.05) is 0 Å². The van der Waals surface area contributed by atoms with Crippen molar-refractivity contribution >= 4 is 28.3 Å². The standard InChI is InChI=1S/C17H17BrFNO.ClH/c18-14-3-8-17(13(9-14)10-20-16-6-7-16)21-11-12-1-4-15(19)5-2-12;/h1-5,8-9,16,20H,6-7,10-11H2;1H. The van der Waals surface area contributed by atoms with Crippen LogP contribution in [0.4, 0.5) is 4.39 Å². The molecular weight excluding hydrogens is 369 g/mol. The third kappa shape index (κ3) is 4.97. The van der Waals surface area contributed by atoms with Crippen molar-refractivity contribution in [3.63, 3.8) is 0 Å². The van der Waals surface area contributed by atoms with Gasteiger partial charge in [0.05, 0.1) is 0 Å². The molecule has 0 amide bonds. The zero-order chi connectivity index (χ0) is 14.7. The normalized spacial score (nSPS) is 13.5. The molecule has 118 valence electrons. The molecule has 0 saturated heterocycles. The second-order valence-corrected chi connectivity index (χ2v) is 6.24. The number of hydrogen-bond donors (Lipinski definition) is 1. The molecule has 0 spiro atoms. The lowest BCUT2D eigenvalue weighted by Gasteiger charge is -2.13. The van der Waals surface area contributed by atoms with E-state index in [1.165, 1.54) is 25.0 Å². The summed E-state index contributed by atoms with van der Waals surface area (Å²) in [6.45, 7) is 1.25. The smallest absolute Gasteiger partial charge is 0.124 e. The predicted octanol–water partition coefficient (Wildman–Crippen LogP) is 4.84. The summed E-state index contributed by atoms with van der Waals surface area (Å²) in [5.41, 5.74) is 2.10. The van der Waals surface area contributed by atoms with Crippen LogP contribution in [0.3, 0.4) is 0 Å². The van der Waals surface area contributed by atoms with Gasteiger partial charge < -0.3 is 10.1 Å². The Labute approximate surface area is 144 Å². The third-order valence-corrected chi connectivity index (χ3v) is 3.98. The molecule has 1 fully saturated rings. The lowest BCUT2D eigenvalue weighted by atomic mass is 10.2. The zero-order valence-corrected chi connectivity index (χ0v) is 14.4. The zero-order valence-electron chi connectivity index (χ0n) is 12.0. The van der Waals surface area contributed by atoms with E-state index in [9.17, 15) is 4.39 Å². The molecule has 0 aliphatic heterocycles. The van der Waals surface area contributed by atoms with Gasteiger partial charge in [-0.15, -0.1) is 12.4 Å². The van der Waals surface area contributed by atoms with Crippen LogP contribution in [0.1, 0.15) is 24.0 Å². The Kier molecular flexibility index (Phi) is 6.24. The van der Waals surface area contributed by atoms with Gasteiger partial charge in [0.25, 0.3) is 0 Å². The highest BCUT2D eigenvalue weighted by atomic mass is 79.9. The first-order valence-electron chi connectivity index (χ1n) is 7.10. The Morgan fingerprint density at radius 3 is 2.55 bits per heavy atom. The Balaban J connectivity index is 0.00000176. The Hall–Kier alpha value is -1.10. The minimum absolute atomic E-state index is 0. The van der Waals surface area contributed by atoms with E-state index >= 15 is 0 Å². The highest BCUT2D eigenvalue weighted by Gasteiger charge is 2.20. The van der Waals surface area contributed by atoms with Crippen molar-refractivity contribution in [1.82, 2.24) is 5.32 Å². The molecule has 0 radical (unpaired) electrons. The second kappa shape index (κ2) is 7.95. The van der Waals surface area contributed by atoms with E-state index in [0.29, 0.717) is 12.6 Å². The van der Waals surface area contributed by atoms with Crippen molar-refractivity contribution in [3.05, 3.63) is 63.9 Å². The summed E-state index contributed by atoms with van der Waals surface area (Å²) < 4.78 is 19.8. The number of ether oxygens (including phenoxy) is 1. The molecule has 1 N–H and O–H groups in total. The fourth-order valence-electron chi connectivity index (χ4n) is 2.11. The average Bonchev–Trinajstić information content (AvgIpc) is 3.30. The van der Waals surface area contributed by atoms with E-state index in [2.05, 4.69) is 27.3 Å². The summed E-state index contributed by atoms with van der Waals surface area (Å²) in [5, 5.41) is 3.50. The Morgan fingerprint density at radius 2 is 1.86 bits per heavy atom. The average molecular weight is 387 g/mol. The van der Waals surface area contributed by atoms with Gasteiger partial charge in [0.2, 0.25) is 0 Å². The van der Waals surface area contributed by atoms with Crippen LogP contribution < -0.4 is 10.1 Å². The summed E-state index contributed by atoms with van der Waals surface area (Å²) >= 11 is 3.50. The van der Waals surface area contributed by atoms with Crippen LogP contribution in [-0.4, -0.2) is 6.04 Å². The van der Waals surface area contributed by atoms with Gasteiger partial charge in [-0.05, 0) is 48.7 Å². The first-order chi connectivity index (χ1) is 10.2. The van der Waals surface area contributed by atoms with Crippen LogP contribution in [0.15, 0.2) is 46.9 Å². The molecule has 2 nitrogen and oxygen atoms in total. The number of benzene rings is 2. The van der Waals surface area contributed by atoms with Crippen LogP contribution in [0.5, 0.6) is 5.75 Å². The fourth-order valence-corrected chi connectivity index (χ4v) is 2.52. The van der Waals surface area contributed by atoms with Crippen molar-refractivity contribution < 1.29 is 9.13 Å². The molecule has 0 aromatic heterocycles. The van der Waals surface area contributed by atoms with Crippen molar-refractivity contribution in [1.29, 1.82) is 0 Å². The molecule has 22 heavy (non-hydrogen) atoms. The SMILES string of the molecule is Cl.Fc1ccc(COc2ccc(Br)cc2CNC2CC2)cc1. The lowest BCUT2D eigenvalue weighted by Crippen LogP contribution is -2.16. The van der Waals surface area contributed by atoms with Gasteiger partial charge in [-0.3, -0.25) is 0 Å². The maximum absolute atomic E-state index is 12.9. The minimum atomic E-state index is -0.225. The van der Waals surface area contributed by atoms with Gasteiger partial charge in [0, 0.05) is 22.6 Å². The minimum Gasteiger partial charge on any atom is -0.489 e. The molecule has 1 aliphatic carbocycles. The number of halogens is 3. The number of hydrogen-bond acceptors (Lipinski definition) is 2. The van der Waals surface area contributed by atoms with Crippen LogP contribution in [-0.2, 0) is 13.2 Å². The quantitative estimate of drug-likeness (QED) is 0.767.